The Morgan fingerprint density at radius 1 is 1.25 bits per heavy atom. The van der Waals surface area contributed by atoms with Gasteiger partial charge < -0.3 is 9.47 Å². The van der Waals surface area contributed by atoms with E-state index in [9.17, 15) is 13.2 Å². The molecule has 0 amide bonds. The topological polar surface area (TPSA) is 18.5 Å². The third-order valence-corrected chi connectivity index (χ3v) is 1.95. The highest BCUT2D eigenvalue weighted by atomic mass is 19.4. The first-order chi connectivity index (χ1) is 7.51. The molecule has 0 spiro atoms. The van der Waals surface area contributed by atoms with Gasteiger partial charge in [0.05, 0.1) is 0 Å². The highest BCUT2D eigenvalue weighted by Gasteiger charge is 2.30. The van der Waals surface area contributed by atoms with Crippen LogP contribution in [0.2, 0.25) is 0 Å². The number of alkyl halides is 3. The predicted molar refractivity (Wildman–Crippen MR) is 53.3 cm³/mol. The quantitative estimate of drug-likeness (QED) is 0.728. The molecule has 0 fully saturated rings. The molecule has 0 unspecified atom stereocenters. The van der Waals surface area contributed by atoms with Gasteiger partial charge in [-0.1, -0.05) is 12.1 Å². The minimum atomic E-state index is -4.63. The molecule has 0 aliphatic rings. The molecule has 16 heavy (non-hydrogen) atoms. The van der Waals surface area contributed by atoms with Gasteiger partial charge in [-0.25, -0.2) is 0 Å². The van der Waals surface area contributed by atoms with Crippen LogP contribution in [-0.2, 0) is 11.2 Å². The van der Waals surface area contributed by atoms with Gasteiger partial charge in [0.15, 0.2) is 0 Å². The van der Waals surface area contributed by atoms with E-state index in [0.717, 1.165) is 12.0 Å². The van der Waals surface area contributed by atoms with Crippen molar-refractivity contribution in [3.05, 3.63) is 29.8 Å². The molecule has 1 rings (SSSR count). The second-order valence-corrected chi connectivity index (χ2v) is 3.29. The van der Waals surface area contributed by atoms with Gasteiger partial charge in [-0.15, -0.1) is 13.2 Å². The molecule has 0 N–H and O–H groups in total. The van der Waals surface area contributed by atoms with Crippen LogP contribution in [0.15, 0.2) is 24.3 Å². The van der Waals surface area contributed by atoms with Crippen LogP contribution in [0.1, 0.15) is 12.0 Å². The molecule has 0 saturated carbocycles. The van der Waals surface area contributed by atoms with Gasteiger partial charge in [-0.05, 0) is 30.5 Å². The zero-order valence-electron chi connectivity index (χ0n) is 8.88. The maximum Gasteiger partial charge on any atom is 0.573 e. The van der Waals surface area contributed by atoms with Crippen molar-refractivity contribution in [3.8, 4) is 5.75 Å². The Balaban J connectivity index is 2.57. The SMILES string of the molecule is COCCCc1cccc(OC(F)(F)F)c1. The largest absolute Gasteiger partial charge is 0.573 e. The third kappa shape index (κ3) is 5.02. The van der Waals surface area contributed by atoms with Crippen LogP contribution in [-0.4, -0.2) is 20.1 Å². The summed E-state index contributed by atoms with van der Waals surface area (Å²) in [6, 6.07) is 5.98. The molecular weight excluding hydrogens is 221 g/mol. The summed E-state index contributed by atoms with van der Waals surface area (Å²) in [5, 5.41) is 0. The number of methoxy groups -OCH3 is 1. The van der Waals surface area contributed by atoms with Gasteiger partial charge in [0, 0.05) is 13.7 Å². The summed E-state index contributed by atoms with van der Waals surface area (Å²) >= 11 is 0. The molecule has 1 aromatic rings. The molecule has 0 aliphatic carbocycles. The van der Waals surface area contributed by atoms with E-state index in [1.807, 2.05) is 0 Å². The van der Waals surface area contributed by atoms with Gasteiger partial charge in [-0.2, -0.15) is 0 Å². The Kier molecular flexibility index (Phi) is 4.61. The van der Waals surface area contributed by atoms with E-state index in [0.29, 0.717) is 13.0 Å². The number of halogens is 3. The smallest absolute Gasteiger partial charge is 0.406 e. The Labute approximate surface area is 92.0 Å². The number of ether oxygens (including phenoxy) is 2. The van der Waals surface area contributed by atoms with Gasteiger partial charge in [0.1, 0.15) is 5.75 Å². The highest BCUT2D eigenvalue weighted by molar-refractivity contribution is 5.28. The summed E-state index contributed by atoms with van der Waals surface area (Å²) in [4.78, 5) is 0. The lowest BCUT2D eigenvalue weighted by molar-refractivity contribution is -0.274. The van der Waals surface area contributed by atoms with Crippen molar-refractivity contribution in [1.82, 2.24) is 0 Å². The molecule has 0 atom stereocenters. The Morgan fingerprint density at radius 2 is 2.00 bits per heavy atom. The first kappa shape index (κ1) is 12.8. The molecule has 0 heterocycles. The van der Waals surface area contributed by atoms with Crippen LogP contribution in [0.3, 0.4) is 0 Å². The predicted octanol–water partition coefficient (Wildman–Crippen LogP) is 3.16. The first-order valence-electron chi connectivity index (χ1n) is 4.85. The minimum absolute atomic E-state index is 0.178. The average Bonchev–Trinajstić information content (AvgIpc) is 2.16. The summed E-state index contributed by atoms with van der Waals surface area (Å²) in [6.45, 7) is 0.588. The molecule has 0 aromatic heterocycles. The zero-order chi connectivity index (χ0) is 12.0. The van der Waals surface area contributed by atoms with Crippen LogP contribution >= 0.6 is 0 Å². The fourth-order valence-electron chi connectivity index (χ4n) is 1.32. The van der Waals surface area contributed by atoms with Crippen LogP contribution in [0.25, 0.3) is 0 Å². The van der Waals surface area contributed by atoms with Crippen molar-refractivity contribution in [3.63, 3.8) is 0 Å². The molecule has 0 bridgehead atoms. The summed E-state index contributed by atoms with van der Waals surface area (Å²) < 4.78 is 44.5. The maximum atomic E-state index is 11.9. The Morgan fingerprint density at radius 3 is 2.62 bits per heavy atom. The van der Waals surface area contributed by atoms with E-state index in [1.165, 1.54) is 12.1 Å². The Hall–Kier alpha value is -1.23. The van der Waals surface area contributed by atoms with Crippen molar-refractivity contribution in [2.24, 2.45) is 0 Å². The maximum absolute atomic E-state index is 11.9. The third-order valence-electron chi connectivity index (χ3n) is 1.95. The van der Waals surface area contributed by atoms with Gasteiger partial charge in [0.2, 0.25) is 0 Å². The van der Waals surface area contributed by atoms with Crippen LogP contribution in [0, 0.1) is 0 Å². The van der Waals surface area contributed by atoms with E-state index in [-0.39, 0.29) is 5.75 Å². The van der Waals surface area contributed by atoms with E-state index >= 15 is 0 Å². The van der Waals surface area contributed by atoms with Gasteiger partial charge in [-0.3, -0.25) is 0 Å². The van der Waals surface area contributed by atoms with E-state index in [1.54, 1.807) is 19.2 Å². The molecule has 5 heteroatoms. The van der Waals surface area contributed by atoms with Gasteiger partial charge >= 0.3 is 6.36 Å². The highest BCUT2D eigenvalue weighted by Crippen LogP contribution is 2.23. The number of rotatable bonds is 5. The standard InChI is InChI=1S/C11H13F3O2/c1-15-7-3-5-9-4-2-6-10(8-9)16-11(12,13)14/h2,4,6,8H,3,5,7H2,1H3. The monoisotopic (exact) mass is 234 g/mol. The van der Waals surface area contributed by atoms with Crippen molar-refractivity contribution >= 4 is 0 Å². The lowest BCUT2D eigenvalue weighted by Gasteiger charge is -2.09. The number of hydrogen-bond acceptors (Lipinski definition) is 2. The second kappa shape index (κ2) is 5.75. The average molecular weight is 234 g/mol. The lowest BCUT2D eigenvalue weighted by atomic mass is 10.1. The molecule has 0 saturated heterocycles. The van der Waals surface area contributed by atoms with Crippen molar-refractivity contribution in [1.29, 1.82) is 0 Å². The number of hydrogen-bond donors (Lipinski definition) is 0. The van der Waals surface area contributed by atoms with Crippen LogP contribution < -0.4 is 4.74 Å². The van der Waals surface area contributed by atoms with Crippen molar-refractivity contribution in [2.75, 3.05) is 13.7 Å². The molecule has 0 aliphatic heterocycles. The molecule has 2 nitrogen and oxygen atoms in total. The molecule has 90 valence electrons. The summed E-state index contributed by atoms with van der Waals surface area (Å²) in [5.41, 5.74) is 0.804. The zero-order valence-corrected chi connectivity index (χ0v) is 8.88. The van der Waals surface area contributed by atoms with Gasteiger partial charge in [0.25, 0.3) is 0 Å². The fraction of sp³-hybridized carbons (Fsp3) is 0.455. The van der Waals surface area contributed by atoms with E-state index in [4.69, 9.17) is 4.74 Å². The molecule has 0 radical (unpaired) electrons. The lowest BCUT2D eigenvalue weighted by Crippen LogP contribution is -2.17. The van der Waals surface area contributed by atoms with Crippen molar-refractivity contribution in [2.45, 2.75) is 19.2 Å². The Bertz CT molecular complexity index is 323. The number of aryl methyl sites for hydroxylation is 1. The minimum Gasteiger partial charge on any atom is -0.406 e. The second-order valence-electron chi connectivity index (χ2n) is 3.29. The molecular formula is C11H13F3O2. The fourth-order valence-corrected chi connectivity index (χ4v) is 1.32. The van der Waals surface area contributed by atoms with E-state index < -0.39 is 6.36 Å². The normalized spacial score (nSPS) is 11.5. The summed E-state index contributed by atoms with van der Waals surface area (Å²) in [7, 11) is 1.59. The van der Waals surface area contributed by atoms with E-state index in [2.05, 4.69) is 4.74 Å². The summed E-state index contributed by atoms with van der Waals surface area (Å²) in [5.74, 6) is -0.178. The van der Waals surface area contributed by atoms with Crippen LogP contribution in [0.5, 0.6) is 5.75 Å². The number of benzene rings is 1. The first-order valence-corrected chi connectivity index (χ1v) is 4.85. The van der Waals surface area contributed by atoms with Crippen molar-refractivity contribution < 1.29 is 22.6 Å². The van der Waals surface area contributed by atoms with Crippen LogP contribution in [0.4, 0.5) is 13.2 Å². The summed E-state index contributed by atoms with van der Waals surface area (Å²) in [6.07, 6.45) is -3.19. The molecule has 1 aromatic carbocycles.